The zero-order valence-corrected chi connectivity index (χ0v) is 15.5. The summed E-state index contributed by atoms with van der Waals surface area (Å²) < 4.78 is 0. The summed E-state index contributed by atoms with van der Waals surface area (Å²) in [6.07, 6.45) is 16.7. The number of halogens is 2. The van der Waals surface area contributed by atoms with Gasteiger partial charge in [0.15, 0.2) is 0 Å². The van der Waals surface area contributed by atoms with E-state index >= 15 is 0 Å². The predicted octanol–water partition coefficient (Wildman–Crippen LogP) is 4.99. The summed E-state index contributed by atoms with van der Waals surface area (Å²) in [6.45, 7) is 2.25. The van der Waals surface area contributed by atoms with Gasteiger partial charge in [0.1, 0.15) is 0 Å². The Morgan fingerprint density at radius 3 is 2.47 bits per heavy atom. The second-order valence-electron chi connectivity index (χ2n) is 4.43. The number of aryl methyl sites for hydroxylation is 2. The monoisotopic (exact) mass is 374 g/mol. The van der Waals surface area contributed by atoms with E-state index in [0.717, 1.165) is 6.42 Å². The van der Waals surface area contributed by atoms with Gasteiger partial charge in [0.2, 0.25) is 0 Å². The van der Waals surface area contributed by atoms with Crippen molar-refractivity contribution >= 4 is 24.8 Å². The van der Waals surface area contributed by atoms with Crippen LogP contribution in [0.2, 0.25) is 0 Å². The van der Waals surface area contributed by atoms with E-state index in [1.165, 1.54) is 32.1 Å². The average molecular weight is 376 g/mol. The van der Waals surface area contributed by atoms with E-state index in [1.807, 2.05) is 12.2 Å². The van der Waals surface area contributed by atoms with Crippen LogP contribution in [0.1, 0.15) is 42.9 Å². The molecule has 3 rings (SSSR count). The summed E-state index contributed by atoms with van der Waals surface area (Å²) in [6, 6.07) is 4.64. The van der Waals surface area contributed by atoms with Gasteiger partial charge in [0, 0.05) is 0 Å². The van der Waals surface area contributed by atoms with Crippen molar-refractivity contribution < 1.29 is 26.2 Å². The zero-order chi connectivity index (χ0) is 11.2. The molecule has 0 aromatic heterocycles. The molecule has 0 spiro atoms. The van der Waals surface area contributed by atoms with Gasteiger partial charge in [0.25, 0.3) is 0 Å². The third kappa shape index (κ3) is 6.52. The molecule has 0 unspecified atom stereocenters. The van der Waals surface area contributed by atoms with E-state index in [4.69, 9.17) is 0 Å². The van der Waals surface area contributed by atoms with Crippen molar-refractivity contribution in [1.29, 1.82) is 0 Å². The molecule has 2 aliphatic rings. The third-order valence-corrected chi connectivity index (χ3v) is 3.35. The maximum absolute atomic E-state index is 2.99. The fourth-order valence-electron chi connectivity index (χ4n) is 2.45. The van der Waals surface area contributed by atoms with Crippen molar-refractivity contribution in [3.63, 3.8) is 0 Å². The molecule has 0 saturated carbocycles. The molecule has 0 nitrogen and oxygen atoms in total. The van der Waals surface area contributed by atoms with Crippen LogP contribution in [0, 0.1) is 6.08 Å². The first kappa shape index (κ1) is 21.6. The van der Waals surface area contributed by atoms with Crippen LogP contribution in [0.15, 0.2) is 30.4 Å². The third-order valence-electron chi connectivity index (χ3n) is 3.35. The number of rotatable bonds is 1. The van der Waals surface area contributed by atoms with Gasteiger partial charge in [-0.25, -0.2) is 18.2 Å². The Labute approximate surface area is 149 Å². The Morgan fingerprint density at radius 1 is 1.21 bits per heavy atom. The molecular weight excluding hydrogens is 354 g/mol. The van der Waals surface area contributed by atoms with Crippen molar-refractivity contribution in [1.82, 2.24) is 0 Å². The predicted molar refractivity (Wildman–Crippen MR) is 84.1 cm³/mol. The van der Waals surface area contributed by atoms with E-state index in [-0.39, 0.29) is 51.0 Å². The molecule has 0 bridgehead atoms. The largest absolute Gasteiger partial charge is 2.00 e. The molecule has 1 aromatic rings. The minimum Gasteiger partial charge on any atom is -0.273 e. The number of hydrogen-bond donors (Lipinski definition) is 0. The standard InChI is InChI=1S/C11H15.C5H5.2ClH.Zr/c1-2-9-7-8-10-5-3-4-6-11(9)10;1-2-4-5-3-1;;;/h7-8H,2-6H2,1H3;1-3H,4H2;2*1H;/q2*-1;;;+2. The van der Waals surface area contributed by atoms with Gasteiger partial charge in [-0.2, -0.15) is 28.8 Å². The van der Waals surface area contributed by atoms with Crippen molar-refractivity contribution in [2.45, 2.75) is 45.4 Å². The Bertz CT molecular complexity index is 368. The van der Waals surface area contributed by atoms with E-state index in [0.29, 0.717) is 0 Å². The normalized spacial score (nSPS) is 14.2. The summed E-state index contributed by atoms with van der Waals surface area (Å²) in [5.41, 5.74) is 4.91. The van der Waals surface area contributed by atoms with E-state index < -0.39 is 0 Å². The summed E-state index contributed by atoms with van der Waals surface area (Å²) >= 11 is 0. The molecule has 19 heavy (non-hydrogen) atoms. The minimum absolute atomic E-state index is 0. The molecule has 0 radical (unpaired) electrons. The molecule has 0 saturated heterocycles. The maximum Gasteiger partial charge on any atom is 2.00 e. The Kier molecular flexibility index (Phi) is 13.7. The first-order chi connectivity index (χ1) is 7.92. The summed E-state index contributed by atoms with van der Waals surface area (Å²) in [5, 5.41) is 0. The van der Waals surface area contributed by atoms with Crippen LogP contribution in [-0.2, 0) is 45.5 Å². The fourth-order valence-corrected chi connectivity index (χ4v) is 2.45. The Balaban J connectivity index is 0. The maximum atomic E-state index is 2.99. The number of hydrogen-bond acceptors (Lipinski definition) is 0. The van der Waals surface area contributed by atoms with Gasteiger partial charge in [-0.1, -0.05) is 39.0 Å². The Hall–Kier alpha value is 0.293. The van der Waals surface area contributed by atoms with Gasteiger partial charge < -0.3 is 0 Å². The molecular formula is C16H22Cl2Zr. The van der Waals surface area contributed by atoms with Crippen LogP contribution in [-0.4, -0.2) is 0 Å². The van der Waals surface area contributed by atoms with Gasteiger partial charge >= 0.3 is 26.2 Å². The first-order valence-electron chi connectivity index (χ1n) is 6.40. The van der Waals surface area contributed by atoms with Crippen LogP contribution in [0.25, 0.3) is 0 Å². The van der Waals surface area contributed by atoms with E-state index in [1.54, 1.807) is 16.7 Å². The second kappa shape index (κ2) is 12.1. The van der Waals surface area contributed by atoms with E-state index in [2.05, 4.69) is 31.2 Å². The van der Waals surface area contributed by atoms with Crippen molar-refractivity contribution in [2.75, 3.05) is 0 Å². The van der Waals surface area contributed by atoms with Crippen molar-refractivity contribution in [3.05, 3.63) is 53.1 Å². The molecule has 3 heteroatoms. The second-order valence-corrected chi connectivity index (χ2v) is 4.43. The van der Waals surface area contributed by atoms with Crippen LogP contribution in [0.3, 0.4) is 0 Å². The minimum atomic E-state index is 0. The molecule has 0 aliphatic heterocycles. The van der Waals surface area contributed by atoms with Gasteiger partial charge in [0.05, 0.1) is 0 Å². The van der Waals surface area contributed by atoms with Crippen LogP contribution in [0.4, 0.5) is 0 Å². The quantitative estimate of drug-likeness (QED) is 0.606. The molecule has 0 amide bonds. The summed E-state index contributed by atoms with van der Waals surface area (Å²) in [7, 11) is 0. The molecule has 0 N–H and O–H groups in total. The first-order valence-corrected chi connectivity index (χ1v) is 6.40. The van der Waals surface area contributed by atoms with Crippen molar-refractivity contribution in [3.8, 4) is 0 Å². The molecule has 2 aliphatic carbocycles. The molecule has 0 fully saturated rings. The van der Waals surface area contributed by atoms with E-state index in [9.17, 15) is 0 Å². The SMILES string of the molecule is CC[c-]1ccc2c1CCCC2.Cl.Cl.[C-]1=CC=CC1.[Zr+2]. The average Bonchev–Trinajstić information content (AvgIpc) is 3.02. The number of allylic oxidation sites excluding steroid dienone is 4. The zero-order valence-electron chi connectivity index (χ0n) is 11.4. The summed E-state index contributed by atoms with van der Waals surface area (Å²) in [5.74, 6) is 0. The van der Waals surface area contributed by atoms with Gasteiger partial charge in [-0.15, -0.1) is 31.2 Å². The summed E-state index contributed by atoms with van der Waals surface area (Å²) in [4.78, 5) is 0. The molecule has 1 aromatic carbocycles. The van der Waals surface area contributed by atoms with Gasteiger partial charge in [-0.3, -0.25) is 6.08 Å². The topological polar surface area (TPSA) is 0 Å². The van der Waals surface area contributed by atoms with Gasteiger partial charge in [-0.05, 0) is 0 Å². The molecule has 104 valence electrons. The number of fused-ring (bicyclic) bond motifs is 1. The Morgan fingerprint density at radius 2 is 1.95 bits per heavy atom. The van der Waals surface area contributed by atoms with Crippen LogP contribution >= 0.6 is 24.8 Å². The fraction of sp³-hybridized carbons (Fsp3) is 0.438. The molecule has 0 atom stereocenters. The molecule has 0 heterocycles. The van der Waals surface area contributed by atoms with Crippen molar-refractivity contribution in [2.24, 2.45) is 0 Å². The van der Waals surface area contributed by atoms with Crippen LogP contribution in [0.5, 0.6) is 0 Å². The smallest absolute Gasteiger partial charge is 0.273 e. The van der Waals surface area contributed by atoms with Crippen LogP contribution < -0.4 is 0 Å².